The molecule has 37 heavy (non-hydrogen) atoms. The van der Waals surface area contributed by atoms with Crippen molar-refractivity contribution in [3.63, 3.8) is 0 Å². The molecule has 0 saturated carbocycles. The molecule has 1 amide bonds. The maximum atomic E-state index is 14.3. The van der Waals surface area contributed by atoms with E-state index in [9.17, 15) is 14.4 Å². The number of aromatic nitrogens is 5. The molecule has 0 aliphatic carbocycles. The number of amides is 1. The van der Waals surface area contributed by atoms with Crippen molar-refractivity contribution in [3.05, 3.63) is 59.7 Å². The van der Waals surface area contributed by atoms with Gasteiger partial charge in [-0.3, -0.25) is 4.79 Å². The van der Waals surface area contributed by atoms with Crippen LogP contribution in [0.15, 0.2) is 36.9 Å². The van der Waals surface area contributed by atoms with Gasteiger partial charge in [0.2, 0.25) is 5.91 Å². The molecule has 3 aromatic rings. The number of halogens is 1. The number of anilines is 1. The van der Waals surface area contributed by atoms with E-state index in [4.69, 9.17) is 0 Å². The number of nitrogens with zero attached hydrogens (tertiary/aromatic N) is 8. The highest BCUT2D eigenvalue weighted by Crippen LogP contribution is 2.33. The van der Waals surface area contributed by atoms with Crippen molar-refractivity contribution < 1.29 is 9.18 Å². The minimum absolute atomic E-state index is 0.0637. The van der Waals surface area contributed by atoms with Gasteiger partial charge in [-0.05, 0) is 63.8 Å². The van der Waals surface area contributed by atoms with E-state index in [-0.39, 0.29) is 29.5 Å². The van der Waals surface area contributed by atoms with Crippen LogP contribution in [0.25, 0.3) is 5.82 Å². The molecule has 10 heteroatoms. The van der Waals surface area contributed by atoms with Crippen molar-refractivity contribution in [3.8, 4) is 11.9 Å². The van der Waals surface area contributed by atoms with Crippen molar-refractivity contribution in [1.82, 2.24) is 29.6 Å². The molecule has 0 bridgehead atoms. The predicted octanol–water partition coefficient (Wildman–Crippen LogP) is 4.37. The first kappa shape index (κ1) is 26.2. The highest BCUT2D eigenvalue weighted by molar-refractivity contribution is 5.80. The molecule has 3 heterocycles. The minimum Gasteiger partial charge on any atom is -0.356 e. The number of nitriles is 1. The van der Waals surface area contributed by atoms with Crippen LogP contribution in [0.3, 0.4) is 0 Å². The number of rotatable bonds is 8. The largest absolute Gasteiger partial charge is 0.356 e. The third-order valence-corrected chi connectivity index (χ3v) is 6.88. The van der Waals surface area contributed by atoms with Gasteiger partial charge < -0.3 is 9.80 Å². The molecule has 194 valence electrons. The second kappa shape index (κ2) is 11.5. The maximum Gasteiger partial charge on any atom is 0.226 e. The molecule has 1 atom stereocenters. The second-order valence-electron chi connectivity index (χ2n) is 9.74. The summed E-state index contributed by atoms with van der Waals surface area (Å²) in [6, 6.07) is 7.96. The van der Waals surface area contributed by atoms with E-state index in [1.807, 2.05) is 37.8 Å². The fourth-order valence-corrected chi connectivity index (χ4v) is 5.09. The van der Waals surface area contributed by atoms with Gasteiger partial charge in [0.05, 0.1) is 17.7 Å². The second-order valence-corrected chi connectivity index (χ2v) is 9.74. The van der Waals surface area contributed by atoms with Gasteiger partial charge in [-0.1, -0.05) is 13.3 Å². The van der Waals surface area contributed by atoms with Gasteiger partial charge in [0.1, 0.15) is 30.1 Å². The van der Waals surface area contributed by atoms with Crippen LogP contribution in [0.5, 0.6) is 0 Å². The fourth-order valence-electron chi connectivity index (χ4n) is 5.09. The average Bonchev–Trinajstić information content (AvgIpc) is 3.33. The quantitative estimate of drug-likeness (QED) is 0.449. The lowest BCUT2D eigenvalue weighted by Gasteiger charge is -2.40. The Morgan fingerprint density at radius 2 is 1.86 bits per heavy atom. The van der Waals surface area contributed by atoms with Gasteiger partial charge >= 0.3 is 0 Å². The third-order valence-electron chi connectivity index (χ3n) is 6.88. The Kier molecular flexibility index (Phi) is 8.11. The van der Waals surface area contributed by atoms with Crippen LogP contribution in [-0.2, 0) is 4.79 Å². The summed E-state index contributed by atoms with van der Waals surface area (Å²) in [7, 11) is 0. The molecule has 9 nitrogen and oxygen atoms in total. The summed E-state index contributed by atoms with van der Waals surface area (Å²) < 4.78 is 16.0. The van der Waals surface area contributed by atoms with Crippen LogP contribution in [0.2, 0.25) is 0 Å². The lowest BCUT2D eigenvalue weighted by atomic mass is 9.91. The Morgan fingerprint density at radius 3 is 2.49 bits per heavy atom. The van der Waals surface area contributed by atoms with E-state index in [2.05, 4.69) is 31.9 Å². The third kappa shape index (κ3) is 5.77. The molecule has 0 radical (unpaired) electrons. The van der Waals surface area contributed by atoms with Crippen molar-refractivity contribution in [2.75, 3.05) is 18.0 Å². The zero-order valence-electron chi connectivity index (χ0n) is 21.8. The first-order valence-electron chi connectivity index (χ1n) is 12.8. The Hall–Kier alpha value is -3.87. The van der Waals surface area contributed by atoms with Gasteiger partial charge in [-0.15, -0.1) is 0 Å². The summed E-state index contributed by atoms with van der Waals surface area (Å²) in [5.74, 6) is 1.67. The minimum atomic E-state index is -0.454. The van der Waals surface area contributed by atoms with Gasteiger partial charge in [0, 0.05) is 31.1 Å². The Bertz CT molecular complexity index is 1280. The van der Waals surface area contributed by atoms with Gasteiger partial charge in [-0.25, -0.2) is 19.3 Å². The van der Waals surface area contributed by atoms with Crippen molar-refractivity contribution in [2.45, 2.75) is 65.5 Å². The Balaban J connectivity index is 1.50. The number of carbonyl (C=O) groups excluding carboxylic acids is 1. The zero-order valence-corrected chi connectivity index (χ0v) is 21.8. The molecule has 1 aromatic carbocycles. The molecule has 1 saturated heterocycles. The smallest absolute Gasteiger partial charge is 0.226 e. The maximum absolute atomic E-state index is 14.3. The van der Waals surface area contributed by atoms with Crippen molar-refractivity contribution in [2.24, 2.45) is 5.92 Å². The SMILES string of the molecule is CCCC(c1cc(F)cc(C#N)c1)N(C(=O)C1CCN(c2cc(-n3ncnc3C)ncn2)CC1)C(C)C. The molecule has 1 unspecified atom stereocenters. The van der Waals surface area contributed by atoms with Crippen molar-refractivity contribution in [1.29, 1.82) is 5.26 Å². The highest BCUT2D eigenvalue weighted by atomic mass is 19.1. The molecule has 2 aromatic heterocycles. The van der Waals surface area contributed by atoms with E-state index in [0.29, 0.717) is 43.7 Å². The van der Waals surface area contributed by atoms with Crippen LogP contribution < -0.4 is 4.90 Å². The summed E-state index contributed by atoms with van der Waals surface area (Å²) in [5.41, 5.74) is 0.945. The van der Waals surface area contributed by atoms with E-state index in [1.165, 1.54) is 24.8 Å². The molecule has 4 rings (SSSR count). The van der Waals surface area contributed by atoms with E-state index >= 15 is 0 Å². The van der Waals surface area contributed by atoms with Crippen molar-refractivity contribution >= 4 is 11.7 Å². The summed E-state index contributed by atoms with van der Waals surface area (Å²) >= 11 is 0. The summed E-state index contributed by atoms with van der Waals surface area (Å²) in [6.45, 7) is 9.28. The lowest BCUT2D eigenvalue weighted by molar-refractivity contribution is -0.141. The number of hydrogen-bond acceptors (Lipinski definition) is 7. The standard InChI is InChI=1S/C27H33FN8O/c1-5-6-24(22-11-20(15-29)12-23(28)13-22)35(18(2)3)27(37)21-7-9-34(10-8-21)25-14-26(32-16-31-25)36-19(4)30-17-33-36/h11-14,16-18,21,24H,5-10H2,1-4H3. The average molecular weight is 505 g/mol. The molecule has 0 spiro atoms. The van der Waals surface area contributed by atoms with E-state index in [1.54, 1.807) is 10.7 Å². The van der Waals surface area contributed by atoms with Gasteiger partial charge in [0.15, 0.2) is 5.82 Å². The lowest BCUT2D eigenvalue weighted by Crippen LogP contribution is -2.47. The summed E-state index contributed by atoms with van der Waals surface area (Å²) in [6.07, 6.45) is 5.92. The van der Waals surface area contributed by atoms with Crippen LogP contribution >= 0.6 is 0 Å². The first-order valence-corrected chi connectivity index (χ1v) is 12.8. The number of carbonyl (C=O) groups is 1. The number of benzene rings is 1. The predicted molar refractivity (Wildman–Crippen MR) is 137 cm³/mol. The number of hydrogen-bond donors (Lipinski definition) is 0. The molecular weight excluding hydrogens is 471 g/mol. The zero-order chi connectivity index (χ0) is 26.5. The molecule has 0 N–H and O–H groups in total. The number of aryl methyl sites for hydroxylation is 1. The first-order chi connectivity index (χ1) is 17.8. The van der Waals surface area contributed by atoms with E-state index in [0.717, 1.165) is 18.1 Å². The van der Waals surface area contributed by atoms with Gasteiger partial charge in [-0.2, -0.15) is 15.0 Å². The van der Waals surface area contributed by atoms with E-state index < -0.39 is 5.82 Å². The monoisotopic (exact) mass is 504 g/mol. The molecule has 1 aliphatic rings. The molecular formula is C27H33FN8O. The highest BCUT2D eigenvalue weighted by Gasteiger charge is 2.34. The molecule has 1 fully saturated rings. The number of piperidine rings is 1. The fraction of sp³-hybridized carbons (Fsp3) is 0.481. The van der Waals surface area contributed by atoms with Crippen LogP contribution in [0.4, 0.5) is 10.2 Å². The topological polar surface area (TPSA) is 104 Å². The van der Waals surface area contributed by atoms with Crippen LogP contribution in [0.1, 0.15) is 69.4 Å². The van der Waals surface area contributed by atoms with Gasteiger partial charge in [0.25, 0.3) is 0 Å². The summed E-state index contributed by atoms with van der Waals surface area (Å²) in [4.78, 5) is 30.9. The van der Waals surface area contributed by atoms with Crippen LogP contribution in [0, 0.1) is 30.0 Å². The summed E-state index contributed by atoms with van der Waals surface area (Å²) in [5, 5.41) is 13.6. The Labute approximate surface area is 217 Å². The Morgan fingerprint density at radius 1 is 1.14 bits per heavy atom. The molecule has 1 aliphatic heterocycles. The normalized spacial score (nSPS) is 15.0. The van der Waals surface area contributed by atoms with Crippen LogP contribution in [-0.4, -0.2) is 54.7 Å².